The molecule has 0 aliphatic carbocycles. The summed E-state index contributed by atoms with van der Waals surface area (Å²) in [6, 6.07) is 5.41. The van der Waals surface area contributed by atoms with Crippen molar-refractivity contribution >= 4 is 24.6 Å². The lowest BCUT2D eigenvalue weighted by molar-refractivity contribution is -0.145. The van der Waals surface area contributed by atoms with Gasteiger partial charge in [-0.2, -0.15) is 12.6 Å². The highest BCUT2D eigenvalue weighted by Crippen LogP contribution is 2.07. The summed E-state index contributed by atoms with van der Waals surface area (Å²) in [6.07, 6.45) is 0. The summed E-state index contributed by atoms with van der Waals surface area (Å²) in [5.41, 5.74) is 6.17. The van der Waals surface area contributed by atoms with Crippen molar-refractivity contribution in [3.8, 4) is 0 Å². The minimum atomic E-state index is -1.02. The van der Waals surface area contributed by atoms with Crippen molar-refractivity contribution in [2.75, 3.05) is 5.75 Å². The fourth-order valence-electron chi connectivity index (χ4n) is 1.13. The molecule has 0 unspecified atom stereocenters. The van der Waals surface area contributed by atoms with Crippen molar-refractivity contribution in [3.05, 3.63) is 35.4 Å². The van der Waals surface area contributed by atoms with E-state index in [0.29, 0.717) is 5.56 Å². The molecule has 0 aromatic heterocycles. The number of hydrogen-bond acceptors (Lipinski definition) is 5. The molecule has 6 heteroatoms. The van der Waals surface area contributed by atoms with Crippen LogP contribution in [0.1, 0.15) is 15.9 Å². The van der Waals surface area contributed by atoms with Gasteiger partial charge >= 0.3 is 11.9 Å². The van der Waals surface area contributed by atoms with Crippen LogP contribution in [0.3, 0.4) is 0 Å². The predicted molar refractivity (Wildman–Crippen MR) is 65.0 cm³/mol. The smallest absolute Gasteiger partial charge is 0.335 e. The van der Waals surface area contributed by atoms with Crippen molar-refractivity contribution in [1.29, 1.82) is 0 Å². The van der Waals surface area contributed by atoms with E-state index in [1.165, 1.54) is 12.1 Å². The van der Waals surface area contributed by atoms with Gasteiger partial charge in [-0.05, 0) is 17.7 Å². The van der Waals surface area contributed by atoms with Crippen LogP contribution in [0.2, 0.25) is 0 Å². The van der Waals surface area contributed by atoms with E-state index in [-0.39, 0.29) is 17.9 Å². The molecule has 3 N–H and O–H groups in total. The van der Waals surface area contributed by atoms with Gasteiger partial charge < -0.3 is 15.6 Å². The van der Waals surface area contributed by atoms with E-state index >= 15 is 0 Å². The van der Waals surface area contributed by atoms with Crippen LogP contribution in [0.25, 0.3) is 0 Å². The molecule has 17 heavy (non-hydrogen) atoms. The molecular formula is C11H13NO4S. The number of carboxylic acid groups (broad SMARTS) is 1. The molecule has 0 bridgehead atoms. The number of aromatic carboxylic acids is 1. The van der Waals surface area contributed by atoms with Crippen LogP contribution in [0.15, 0.2) is 24.3 Å². The zero-order valence-electron chi connectivity index (χ0n) is 9.00. The third-order valence-electron chi connectivity index (χ3n) is 2.05. The Bertz CT molecular complexity index is 422. The number of ether oxygens (including phenoxy) is 1. The van der Waals surface area contributed by atoms with E-state index in [4.69, 9.17) is 15.6 Å². The number of thiol groups is 1. The van der Waals surface area contributed by atoms with Gasteiger partial charge in [0.2, 0.25) is 0 Å². The molecule has 92 valence electrons. The lowest BCUT2D eigenvalue weighted by Crippen LogP contribution is -2.33. The molecule has 1 aromatic carbocycles. The number of carboxylic acids is 1. The Hall–Kier alpha value is -1.53. The molecule has 1 atom stereocenters. The number of rotatable bonds is 5. The summed E-state index contributed by atoms with van der Waals surface area (Å²) < 4.78 is 4.91. The summed E-state index contributed by atoms with van der Waals surface area (Å²) in [4.78, 5) is 22.0. The zero-order valence-corrected chi connectivity index (χ0v) is 9.89. The summed E-state index contributed by atoms with van der Waals surface area (Å²) in [5.74, 6) is -1.38. The molecular weight excluding hydrogens is 242 g/mol. The number of nitrogens with two attached hydrogens (primary N) is 1. The molecule has 0 aliphatic heterocycles. The van der Waals surface area contributed by atoms with Crippen LogP contribution in [0.4, 0.5) is 0 Å². The van der Waals surface area contributed by atoms with Gasteiger partial charge in [0.15, 0.2) is 0 Å². The van der Waals surface area contributed by atoms with Crippen molar-refractivity contribution < 1.29 is 19.4 Å². The Morgan fingerprint density at radius 1 is 1.47 bits per heavy atom. The van der Waals surface area contributed by atoms with Gasteiger partial charge in [0.1, 0.15) is 12.6 Å². The molecule has 0 heterocycles. The monoisotopic (exact) mass is 255 g/mol. The van der Waals surface area contributed by atoms with E-state index in [9.17, 15) is 9.59 Å². The first-order valence-electron chi connectivity index (χ1n) is 4.90. The third kappa shape index (κ3) is 4.08. The number of esters is 1. The molecule has 1 aromatic rings. The fraction of sp³-hybridized carbons (Fsp3) is 0.273. The Balaban J connectivity index is 2.60. The lowest BCUT2D eigenvalue weighted by Gasteiger charge is -2.09. The fourth-order valence-corrected chi connectivity index (χ4v) is 1.28. The normalized spacial score (nSPS) is 11.9. The lowest BCUT2D eigenvalue weighted by atomic mass is 10.1. The molecule has 0 aliphatic rings. The van der Waals surface area contributed by atoms with Crippen LogP contribution in [-0.2, 0) is 16.1 Å². The van der Waals surface area contributed by atoms with Crippen molar-refractivity contribution in [2.45, 2.75) is 12.6 Å². The van der Waals surface area contributed by atoms with Crippen LogP contribution in [-0.4, -0.2) is 28.8 Å². The van der Waals surface area contributed by atoms with Crippen LogP contribution in [0.5, 0.6) is 0 Å². The van der Waals surface area contributed by atoms with Crippen molar-refractivity contribution in [2.24, 2.45) is 5.73 Å². The van der Waals surface area contributed by atoms with E-state index in [1.54, 1.807) is 12.1 Å². The number of hydrogen-bond donors (Lipinski definition) is 3. The quantitative estimate of drug-likeness (QED) is 0.532. The number of carbonyl (C=O) groups excluding carboxylic acids is 1. The van der Waals surface area contributed by atoms with Gasteiger partial charge in [-0.1, -0.05) is 12.1 Å². The molecule has 0 fully saturated rings. The standard InChI is InChI=1S/C11H13NO4S/c12-9(6-17)11(15)16-5-7-2-1-3-8(4-7)10(13)14/h1-4,9,17H,5-6,12H2,(H,13,14)/t9-/m0/s1. The second-order valence-electron chi connectivity index (χ2n) is 3.40. The maximum Gasteiger partial charge on any atom is 0.335 e. The molecule has 0 saturated carbocycles. The Morgan fingerprint density at radius 2 is 2.18 bits per heavy atom. The van der Waals surface area contributed by atoms with E-state index < -0.39 is 18.0 Å². The van der Waals surface area contributed by atoms with Gasteiger partial charge in [0.25, 0.3) is 0 Å². The van der Waals surface area contributed by atoms with Gasteiger partial charge in [-0.3, -0.25) is 4.79 Å². The maximum atomic E-state index is 11.3. The first-order valence-corrected chi connectivity index (χ1v) is 5.53. The summed E-state index contributed by atoms with van der Waals surface area (Å²) in [5, 5.41) is 8.78. The van der Waals surface area contributed by atoms with Crippen molar-refractivity contribution in [3.63, 3.8) is 0 Å². The predicted octanol–water partition coefficient (Wildman–Crippen LogP) is 0.685. The minimum Gasteiger partial charge on any atom is -0.478 e. The largest absolute Gasteiger partial charge is 0.478 e. The average Bonchev–Trinajstić information content (AvgIpc) is 2.35. The Kier molecular flexibility index (Phi) is 4.99. The van der Waals surface area contributed by atoms with Crippen molar-refractivity contribution in [1.82, 2.24) is 0 Å². The number of carbonyl (C=O) groups is 2. The number of benzene rings is 1. The van der Waals surface area contributed by atoms with E-state index in [1.807, 2.05) is 0 Å². The van der Waals surface area contributed by atoms with E-state index in [0.717, 1.165) is 0 Å². The van der Waals surface area contributed by atoms with E-state index in [2.05, 4.69) is 12.6 Å². The van der Waals surface area contributed by atoms with Crippen LogP contribution >= 0.6 is 12.6 Å². The molecule has 0 saturated heterocycles. The Morgan fingerprint density at radius 3 is 2.76 bits per heavy atom. The van der Waals surface area contributed by atoms with Gasteiger partial charge in [0, 0.05) is 5.75 Å². The summed E-state index contributed by atoms with van der Waals surface area (Å²) >= 11 is 3.87. The van der Waals surface area contributed by atoms with Gasteiger partial charge in [0.05, 0.1) is 5.56 Å². The molecule has 0 radical (unpaired) electrons. The topological polar surface area (TPSA) is 89.6 Å². The maximum absolute atomic E-state index is 11.3. The minimum absolute atomic E-state index is 0.00142. The third-order valence-corrected chi connectivity index (χ3v) is 2.45. The van der Waals surface area contributed by atoms with Crippen LogP contribution in [0, 0.1) is 0 Å². The van der Waals surface area contributed by atoms with Crippen LogP contribution < -0.4 is 5.73 Å². The second-order valence-corrected chi connectivity index (χ2v) is 3.77. The first-order chi connectivity index (χ1) is 8.04. The van der Waals surface area contributed by atoms with Gasteiger partial charge in [-0.15, -0.1) is 0 Å². The highest BCUT2D eigenvalue weighted by atomic mass is 32.1. The molecule has 1 rings (SSSR count). The molecule has 0 spiro atoms. The molecule has 5 nitrogen and oxygen atoms in total. The zero-order chi connectivity index (χ0) is 12.8. The first kappa shape index (κ1) is 13.5. The average molecular weight is 255 g/mol. The second kappa shape index (κ2) is 6.27. The molecule has 0 amide bonds. The van der Waals surface area contributed by atoms with Gasteiger partial charge in [-0.25, -0.2) is 4.79 Å². The summed E-state index contributed by atoms with van der Waals surface area (Å²) in [7, 11) is 0. The highest BCUT2D eigenvalue weighted by Gasteiger charge is 2.13. The highest BCUT2D eigenvalue weighted by molar-refractivity contribution is 7.80. The summed E-state index contributed by atoms with van der Waals surface area (Å²) in [6.45, 7) is 0.00142. The SMILES string of the molecule is N[C@@H](CS)C(=O)OCc1cccc(C(=O)O)c1. The Labute approximate surface area is 104 Å².